The van der Waals surface area contributed by atoms with Crippen LogP contribution in [-0.2, 0) is 12.4 Å². The van der Waals surface area contributed by atoms with Gasteiger partial charge in [0.2, 0.25) is 5.88 Å². The molecule has 3 rings (SSSR count). The Morgan fingerprint density at radius 1 is 1.35 bits per heavy atom. The van der Waals surface area contributed by atoms with E-state index in [9.17, 15) is 0 Å². The summed E-state index contributed by atoms with van der Waals surface area (Å²) < 4.78 is 9.59. The van der Waals surface area contributed by atoms with E-state index in [-0.39, 0.29) is 0 Å². The third-order valence-corrected chi connectivity index (χ3v) is 3.25. The first-order valence-corrected chi connectivity index (χ1v) is 7.07. The van der Waals surface area contributed by atoms with Gasteiger partial charge in [-0.25, -0.2) is 0 Å². The van der Waals surface area contributed by atoms with Gasteiger partial charge in [-0.2, -0.15) is 10.1 Å². The summed E-state index contributed by atoms with van der Waals surface area (Å²) in [6.45, 7) is 2.98. The van der Waals surface area contributed by atoms with E-state index in [0.29, 0.717) is 17.5 Å². The molecule has 3 heterocycles. The fourth-order valence-electron chi connectivity index (χ4n) is 2.09. The third-order valence-electron chi connectivity index (χ3n) is 3.00. The maximum atomic E-state index is 6.01. The molecule has 0 fully saturated rings. The lowest BCUT2D eigenvalue weighted by atomic mass is 10.4. The van der Waals surface area contributed by atoms with Gasteiger partial charge in [0.1, 0.15) is 11.3 Å². The van der Waals surface area contributed by atoms with E-state index in [2.05, 4.69) is 17.0 Å². The van der Waals surface area contributed by atoms with Crippen molar-refractivity contribution in [1.29, 1.82) is 0 Å². The summed E-state index contributed by atoms with van der Waals surface area (Å²) in [6, 6.07) is 5.79. The van der Waals surface area contributed by atoms with Gasteiger partial charge in [0.25, 0.3) is 0 Å². The Morgan fingerprint density at radius 3 is 3.05 bits per heavy atom. The molecule has 0 bridgehead atoms. The van der Waals surface area contributed by atoms with Gasteiger partial charge >= 0.3 is 0 Å². The van der Waals surface area contributed by atoms with Crippen LogP contribution in [0.2, 0.25) is 0 Å². The largest absolute Gasteiger partial charge is 0.434 e. The lowest BCUT2D eigenvalue weighted by molar-refractivity contribution is 0.460. The van der Waals surface area contributed by atoms with Crippen molar-refractivity contribution in [2.45, 2.75) is 25.8 Å². The molecule has 3 aromatic heterocycles. The van der Waals surface area contributed by atoms with Crippen LogP contribution in [0.5, 0.6) is 11.6 Å². The number of alkyl halides is 1. The van der Waals surface area contributed by atoms with Gasteiger partial charge in [-0.15, -0.1) is 11.6 Å². The zero-order valence-corrected chi connectivity index (χ0v) is 11.9. The van der Waals surface area contributed by atoms with Gasteiger partial charge in [0, 0.05) is 12.7 Å². The molecule has 0 amide bonds. The number of ether oxygens (including phenoxy) is 1. The Morgan fingerprint density at radius 2 is 2.25 bits per heavy atom. The predicted octanol–water partition coefficient (Wildman–Crippen LogP) is 3.47. The molecule has 0 unspecified atom stereocenters. The van der Waals surface area contributed by atoms with Crippen molar-refractivity contribution in [3.8, 4) is 11.6 Å². The number of pyridine rings is 1. The molecule has 20 heavy (non-hydrogen) atoms. The third kappa shape index (κ3) is 2.36. The molecule has 0 atom stereocenters. The molecule has 3 aromatic rings. The van der Waals surface area contributed by atoms with Crippen LogP contribution in [0.3, 0.4) is 0 Å². The Bertz CT molecular complexity index is 719. The Balaban J connectivity index is 1.93. The van der Waals surface area contributed by atoms with E-state index in [0.717, 1.165) is 24.3 Å². The predicted molar refractivity (Wildman–Crippen MR) is 77.3 cm³/mol. The van der Waals surface area contributed by atoms with Crippen LogP contribution >= 0.6 is 11.6 Å². The molecule has 104 valence electrons. The fraction of sp³-hybridized carbons (Fsp3) is 0.286. The SMILES string of the molecule is CCCn1cc(Oc2nc3ccccn3c2CCl)cn1. The molecule has 0 spiro atoms. The Kier molecular flexibility index (Phi) is 3.60. The van der Waals surface area contributed by atoms with Crippen molar-refractivity contribution >= 4 is 17.2 Å². The van der Waals surface area contributed by atoms with Gasteiger partial charge in [-0.1, -0.05) is 13.0 Å². The molecule has 0 aliphatic carbocycles. The molecular formula is C14H15ClN4O. The number of fused-ring (bicyclic) bond motifs is 1. The molecule has 0 aliphatic rings. The van der Waals surface area contributed by atoms with Gasteiger partial charge < -0.3 is 4.74 Å². The molecule has 0 saturated carbocycles. The molecule has 0 saturated heterocycles. The summed E-state index contributed by atoms with van der Waals surface area (Å²) >= 11 is 6.01. The van der Waals surface area contributed by atoms with E-state index < -0.39 is 0 Å². The minimum absolute atomic E-state index is 0.337. The van der Waals surface area contributed by atoms with Crippen LogP contribution in [-0.4, -0.2) is 19.2 Å². The first-order chi connectivity index (χ1) is 9.81. The van der Waals surface area contributed by atoms with Crippen LogP contribution in [0.1, 0.15) is 19.0 Å². The van der Waals surface area contributed by atoms with Crippen molar-refractivity contribution < 1.29 is 4.74 Å². The van der Waals surface area contributed by atoms with E-state index in [1.165, 1.54) is 0 Å². The van der Waals surface area contributed by atoms with E-state index in [1.54, 1.807) is 6.20 Å². The zero-order valence-electron chi connectivity index (χ0n) is 11.2. The first-order valence-electron chi connectivity index (χ1n) is 6.54. The summed E-state index contributed by atoms with van der Waals surface area (Å²) in [4.78, 5) is 4.45. The van der Waals surface area contributed by atoms with Crippen LogP contribution in [0.4, 0.5) is 0 Å². The van der Waals surface area contributed by atoms with E-state index in [1.807, 2.05) is 39.7 Å². The summed E-state index contributed by atoms with van der Waals surface area (Å²) in [5, 5.41) is 4.24. The van der Waals surface area contributed by atoms with Crippen molar-refractivity contribution in [2.24, 2.45) is 0 Å². The van der Waals surface area contributed by atoms with Gasteiger partial charge in [-0.05, 0) is 18.6 Å². The lowest BCUT2D eigenvalue weighted by Crippen LogP contribution is -1.95. The number of halogens is 1. The molecule has 0 aromatic carbocycles. The smallest absolute Gasteiger partial charge is 0.242 e. The van der Waals surface area contributed by atoms with Crippen molar-refractivity contribution in [2.75, 3.05) is 0 Å². The second-order valence-corrected chi connectivity index (χ2v) is 4.73. The highest BCUT2D eigenvalue weighted by molar-refractivity contribution is 6.17. The minimum Gasteiger partial charge on any atom is -0.434 e. The maximum Gasteiger partial charge on any atom is 0.242 e. The van der Waals surface area contributed by atoms with Crippen molar-refractivity contribution in [1.82, 2.24) is 19.2 Å². The van der Waals surface area contributed by atoms with Gasteiger partial charge in [-0.3, -0.25) is 9.08 Å². The summed E-state index contributed by atoms with van der Waals surface area (Å²) in [5.74, 6) is 1.54. The number of hydrogen-bond acceptors (Lipinski definition) is 3. The molecule has 6 heteroatoms. The standard InChI is InChI=1S/C14H15ClN4O/c1-2-6-18-10-11(9-16-18)20-14-12(8-15)19-7-4-3-5-13(19)17-14/h3-5,7,9-10H,2,6,8H2,1H3. The van der Waals surface area contributed by atoms with Gasteiger partial charge in [0.05, 0.1) is 18.3 Å². The Labute approximate surface area is 121 Å². The first kappa shape index (κ1) is 13.0. The van der Waals surface area contributed by atoms with Crippen LogP contribution in [0.15, 0.2) is 36.8 Å². The molecule has 5 nitrogen and oxygen atoms in total. The monoisotopic (exact) mass is 290 g/mol. The molecule has 0 N–H and O–H groups in total. The van der Waals surface area contributed by atoms with E-state index in [4.69, 9.17) is 16.3 Å². The maximum absolute atomic E-state index is 6.01. The normalized spacial score (nSPS) is 11.1. The van der Waals surface area contributed by atoms with Crippen molar-refractivity contribution in [3.05, 3.63) is 42.5 Å². The Hall–Kier alpha value is -2.01. The molecule has 0 aliphatic heterocycles. The minimum atomic E-state index is 0.337. The summed E-state index contributed by atoms with van der Waals surface area (Å²) in [7, 11) is 0. The number of imidazole rings is 1. The fourth-order valence-corrected chi connectivity index (χ4v) is 2.33. The topological polar surface area (TPSA) is 44.4 Å². The second-order valence-electron chi connectivity index (χ2n) is 4.47. The second kappa shape index (κ2) is 5.54. The summed E-state index contributed by atoms with van der Waals surface area (Å²) in [6.07, 6.45) is 6.51. The number of rotatable bonds is 5. The van der Waals surface area contributed by atoms with Crippen LogP contribution < -0.4 is 4.74 Å². The average Bonchev–Trinajstić information content (AvgIpc) is 3.03. The average molecular weight is 291 g/mol. The quantitative estimate of drug-likeness (QED) is 0.676. The highest BCUT2D eigenvalue weighted by Crippen LogP contribution is 2.26. The van der Waals surface area contributed by atoms with Crippen LogP contribution in [0.25, 0.3) is 5.65 Å². The highest BCUT2D eigenvalue weighted by atomic mass is 35.5. The van der Waals surface area contributed by atoms with E-state index >= 15 is 0 Å². The van der Waals surface area contributed by atoms with Gasteiger partial charge in [0.15, 0.2) is 5.75 Å². The zero-order chi connectivity index (χ0) is 13.9. The number of hydrogen-bond donors (Lipinski definition) is 0. The molecular weight excluding hydrogens is 276 g/mol. The number of aryl methyl sites for hydroxylation is 1. The number of aromatic nitrogens is 4. The van der Waals surface area contributed by atoms with Crippen LogP contribution in [0, 0.1) is 0 Å². The van der Waals surface area contributed by atoms with Crippen molar-refractivity contribution in [3.63, 3.8) is 0 Å². The number of nitrogens with zero attached hydrogens (tertiary/aromatic N) is 4. The lowest BCUT2D eigenvalue weighted by Gasteiger charge is -2.01. The molecule has 0 radical (unpaired) electrons. The summed E-state index contributed by atoms with van der Waals surface area (Å²) in [5.41, 5.74) is 1.66. The highest BCUT2D eigenvalue weighted by Gasteiger charge is 2.13.